The van der Waals surface area contributed by atoms with E-state index in [1.165, 1.54) is 24.9 Å². The molecule has 1 fully saturated rings. The minimum atomic E-state index is -0.120. The van der Waals surface area contributed by atoms with Crippen molar-refractivity contribution in [2.75, 3.05) is 41.8 Å². The van der Waals surface area contributed by atoms with Crippen LogP contribution in [0.15, 0.2) is 48.5 Å². The van der Waals surface area contributed by atoms with Gasteiger partial charge in [0.1, 0.15) is 6.54 Å². The highest BCUT2D eigenvalue weighted by atomic mass is 16.3. The van der Waals surface area contributed by atoms with Crippen LogP contribution in [-0.2, 0) is 11.3 Å². The average molecular weight is 393 g/mol. The molecule has 1 aliphatic heterocycles. The summed E-state index contributed by atoms with van der Waals surface area (Å²) in [7, 11) is 0. The van der Waals surface area contributed by atoms with E-state index in [1.54, 1.807) is 0 Å². The number of para-hydroxylation sites is 2. The monoisotopic (exact) mass is 393 g/mol. The number of hydrogen-bond acceptors (Lipinski definition) is 5. The Bertz CT molecular complexity index is 961. The molecule has 29 heavy (non-hydrogen) atoms. The average Bonchev–Trinajstić information content (AvgIpc) is 3.10. The van der Waals surface area contributed by atoms with Gasteiger partial charge in [-0.05, 0) is 55.7 Å². The lowest BCUT2D eigenvalue weighted by molar-refractivity contribution is -0.116. The highest BCUT2D eigenvalue weighted by molar-refractivity contribution is 5.92. The number of aliphatic hydroxyl groups excluding tert-OH is 1. The van der Waals surface area contributed by atoms with E-state index in [2.05, 4.69) is 32.7 Å². The maximum Gasteiger partial charge on any atom is 0.244 e. The molecule has 1 aliphatic rings. The molecule has 4 rings (SSSR count). The molecule has 0 atom stereocenters. The van der Waals surface area contributed by atoms with Gasteiger partial charge < -0.3 is 25.2 Å². The second-order valence-corrected chi connectivity index (χ2v) is 7.30. The number of carbonyl (C=O) groups excluding carboxylic acids is 1. The minimum absolute atomic E-state index is 0.00122. The van der Waals surface area contributed by atoms with Gasteiger partial charge in [-0.25, -0.2) is 4.98 Å². The summed E-state index contributed by atoms with van der Waals surface area (Å²) in [6.45, 7) is 2.72. The molecule has 152 valence electrons. The normalized spacial score (nSPS) is 14.2. The molecule has 0 spiro atoms. The Labute approximate surface area is 170 Å². The first-order valence-corrected chi connectivity index (χ1v) is 10.2. The molecule has 1 aromatic heterocycles. The van der Waals surface area contributed by atoms with Crippen molar-refractivity contribution in [1.82, 2.24) is 9.55 Å². The number of hydrogen-bond donors (Lipinski definition) is 3. The molecule has 0 bridgehead atoms. The zero-order valence-corrected chi connectivity index (χ0v) is 16.5. The van der Waals surface area contributed by atoms with Crippen LogP contribution in [-0.4, -0.2) is 46.8 Å². The number of imidazole rings is 1. The molecular weight excluding hydrogens is 366 g/mol. The fourth-order valence-corrected chi connectivity index (χ4v) is 3.79. The van der Waals surface area contributed by atoms with E-state index in [4.69, 9.17) is 5.11 Å². The SMILES string of the molecule is O=C(Cn1c(NCCO)nc2ccccc21)Nc1ccc(N2CCCCC2)cc1. The lowest BCUT2D eigenvalue weighted by Gasteiger charge is -2.28. The summed E-state index contributed by atoms with van der Waals surface area (Å²) in [5, 5.41) is 15.2. The Morgan fingerprint density at radius 1 is 1.03 bits per heavy atom. The molecule has 1 saturated heterocycles. The largest absolute Gasteiger partial charge is 0.395 e. The molecule has 0 saturated carbocycles. The van der Waals surface area contributed by atoms with E-state index < -0.39 is 0 Å². The molecule has 0 aliphatic carbocycles. The molecule has 0 radical (unpaired) electrons. The highest BCUT2D eigenvalue weighted by Crippen LogP contribution is 2.23. The van der Waals surface area contributed by atoms with Crippen molar-refractivity contribution in [2.45, 2.75) is 25.8 Å². The first kappa shape index (κ1) is 19.3. The second kappa shape index (κ2) is 8.96. The van der Waals surface area contributed by atoms with Crippen LogP contribution in [0.2, 0.25) is 0 Å². The molecule has 3 aromatic rings. The summed E-state index contributed by atoms with van der Waals surface area (Å²) < 4.78 is 1.84. The third-order valence-electron chi connectivity index (χ3n) is 5.22. The Kier molecular flexibility index (Phi) is 5.95. The Morgan fingerprint density at radius 3 is 2.55 bits per heavy atom. The van der Waals surface area contributed by atoms with Crippen LogP contribution < -0.4 is 15.5 Å². The first-order valence-electron chi connectivity index (χ1n) is 10.2. The van der Waals surface area contributed by atoms with Crippen molar-refractivity contribution in [1.29, 1.82) is 0 Å². The topological polar surface area (TPSA) is 82.4 Å². The third kappa shape index (κ3) is 4.51. The number of aromatic nitrogens is 2. The number of aliphatic hydroxyl groups is 1. The summed E-state index contributed by atoms with van der Waals surface area (Å²) in [5.74, 6) is 0.460. The van der Waals surface area contributed by atoms with Gasteiger partial charge in [-0.15, -0.1) is 0 Å². The quantitative estimate of drug-likeness (QED) is 0.575. The summed E-state index contributed by atoms with van der Waals surface area (Å²) in [6.07, 6.45) is 3.79. The van der Waals surface area contributed by atoms with Crippen molar-refractivity contribution in [3.05, 3.63) is 48.5 Å². The molecule has 2 heterocycles. The predicted molar refractivity (Wildman–Crippen MR) is 116 cm³/mol. The standard InChI is InChI=1S/C22H27N5O2/c28-15-12-23-22-25-19-6-2-3-7-20(19)27(22)16-21(29)24-17-8-10-18(11-9-17)26-13-4-1-5-14-26/h2-3,6-11,28H,1,4-5,12-16H2,(H,23,25)(H,24,29). The van der Waals surface area contributed by atoms with E-state index in [1.807, 2.05) is 41.0 Å². The Balaban J connectivity index is 1.45. The summed E-state index contributed by atoms with van der Waals surface area (Å²) in [4.78, 5) is 19.6. The third-order valence-corrected chi connectivity index (χ3v) is 5.22. The maximum absolute atomic E-state index is 12.7. The van der Waals surface area contributed by atoms with Crippen LogP contribution in [0.1, 0.15) is 19.3 Å². The number of carbonyl (C=O) groups is 1. The maximum atomic E-state index is 12.7. The number of fused-ring (bicyclic) bond motifs is 1. The highest BCUT2D eigenvalue weighted by Gasteiger charge is 2.14. The molecule has 0 unspecified atom stereocenters. The fraction of sp³-hybridized carbons (Fsp3) is 0.364. The summed E-state index contributed by atoms with van der Waals surface area (Å²) in [6, 6.07) is 15.7. The molecule has 1 amide bonds. The Hall–Kier alpha value is -3.06. The number of amides is 1. The van der Waals surface area contributed by atoms with Gasteiger partial charge in [0.15, 0.2) is 0 Å². The lowest BCUT2D eigenvalue weighted by Crippen LogP contribution is -2.29. The Morgan fingerprint density at radius 2 is 1.79 bits per heavy atom. The molecule has 2 aromatic carbocycles. The lowest BCUT2D eigenvalue weighted by atomic mass is 10.1. The number of nitrogens with zero attached hydrogens (tertiary/aromatic N) is 3. The summed E-state index contributed by atoms with van der Waals surface area (Å²) in [5.41, 5.74) is 3.68. The van der Waals surface area contributed by atoms with Crippen molar-refractivity contribution < 1.29 is 9.90 Å². The van der Waals surface area contributed by atoms with Gasteiger partial charge >= 0.3 is 0 Å². The van der Waals surface area contributed by atoms with Crippen molar-refractivity contribution in [3.8, 4) is 0 Å². The van der Waals surface area contributed by atoms with Gasteiger partial charge in [0.05, 0.1) is 17.6 Å². The number of rotatable bonds is 7. The van der Waals surface area contributed by atoms with Gasteiger partial charge in [0.25, 0.3) is 0 Å². The summed E-state index contributed by atoms with van der Waals surface area (Å²) >= 11 is 0. The van der Waals surface area contributed by atoms with Crippen LogP contribution in [0.5, 0.6) is 0 Å². The van der Waals surface area contributed by atoms with E-state index >= 15 is 0 Å². The molecule has 7 nitrogen and oxygen atoms in total. The first-order chi connectivity index (χ1) is 14.2. The van der Waals surface area contributed by atoms with Gasteiger partial charge in [-0.3, -0.25) is 4.79 Å². The minimum Gasteiger partial charge on any atom is -0.395 e. The zero-order valence-electron chi connectivity index (χ0n) is 16.5. The van der Waals surface area contributed by atoms with E-state index in [0.29, 0.717) is 12.5 Å². The van der Waals surface area contributed by atoms with E-state index in [9.17, 15) is 4.79 Å². The smallest absolute Gasteiger partial charge is 0.244 e. The number of anilines is 3. The molecular formula is C22H27N5O2. The van der Waals surface area contributed by atoms with Gasteiger partial charge in [0.2, 0.25) is 11.9 Å². The zero-order chi connectivity index (χ0) is 20.1. The van der Waals surface area contributed by atoms with E-state index in [-0.39, 0.29) is 19.1 Å². The van der Waals surface area contributed by atoms with Crippen LogP contribution >= 0.6 is 0 Å². The van der Waals surface area contributed by atoms with Gasteiger partial charge in [-0.2, -0.15) is 0 Å². The predicted octanol–water partition coefficient (Wildman–Crippen LogP) is 3.07. The van der Waals surface area contributed by atoms with Crippen molar-refractivity contribution in [3.63, 3.8) is 0 Å². The number of benzene rings is 2. The van der Waals surface area contributed by atoms with Crippen LogP contribution in [0.3, 0.4) is 0 Å². The van der Waals surface area contributed by atoms with Crippen LogP contribution in [0.25, 0.3) is 11.0 Å². The number of piperidine rings is 1. The van der Waals surface area contributed by atoms with Crippen molar-refractivity contribution >= 4 is 34.3 Å². The van der Waals surface area contributed by atoms with E-state index in [0.717, 1.165) is 29.8 Å². The van der Waals surface area contributed by atoms with Crippen LogP contribution in [0, 0.1) is 0 Å². The number of nitrogens with one attached hydrogen (secondary N) is 2. The molecule has 3 N–H and O–H groups in total. The molecule has 7 heteroatoms. The van der Waals surface area contributed by atoms with Crippen molar-refractivity contribution in [2.24, 2.45) is 0 Å². The van der Waals surface area contributed by atoms with Gasteiger partial charge in [0, 0.05) is 31.0 Å². The van der Waals surface area contributed by atoms with Gasteiger partial charge in [-0.1, -0.05) is 12.1 Å². The second-order valence-electron chi connectivity index (χ2n) is 7.30. The fourth-order valence-electron chi connectivity index (χ4n) is 3.79. The van der Waals surface area contributed by atoms with Crippen LogP contribution in [0.4, 0.5) is 17.3 Å².